The Morgan fingerprint density at radius 2 is 2.18 bits per heavy atom. The van der Waals surface area contributed by atoms with E-state index in [2.05, 4.69) is 28.4 Å². The second-order valence-corrected chi connectivity index (χ2v) is 3.52. The molecule has 1 aromatic heterocycles. The molecule has 1 heterocycles. The van der Waals surface area contributed by atoms with E-state index >= 15 is 0 Å². The maximum Gasteiger partial charge on any atom is 0.221 e. The number of hydrogen-bond donors (Lipinski definition) is 0. The average Bonchev–Trinajstić information content (AvgIpc) is 2.30. The van der Waals surface area contributed by atoms with Crippen molar-refractivity contribution in [1.29, 1.82) is 0 Å². The van der Waals surface area contributed by atoms with Gasteiger partial charge in [-0.3, -0.25) is 0 Å². The molecule has 0 saturated heterocycles. The van der Waals surface area contributed by atoms with Gasteiger partial charge in [0.25, 0.3) is 0 Å². The number of nitrogens with zero attached hydrogens (tertiary/aromatic N) is 2. The zero-order valence-electron chi connectivity index (χ0n) is 10.4. The SMILES string of the molecule is C=C(C)C(C)Oc1cc(OCC#CC)ncn1. The van der Waals surface area contributed by atoms with Gasteiger partial charge in [-0.1, -0.05) is 12.5 Å². The maximum absolute atomic E-state index is 5.56. The van der Waals surface area contributed by atoms with Gasteiger partial charge in [-0.05, 0) is 26.3 Å². The van der Waals surface area contributed by atoms with Crippen LogP contribution in [-0.4, -0.2) is 22.7 Å². The summed E-state index contributed by atoms with van der Waals surface area (Å²) < 4.78 is 10.9. The lowest BCUT2D eigenvalue weighted by Gasteiger charge is -2.13. The molecule has 90 valence electrons. The highest BCUT2D eigenvalue weighted by Crippen LogP contribution is 2.16. The van der Waals surface area contributed by atoms with Crippen LogP contribution in [0.15, 0.2) is 24.5 Å². The Morgan fingerprint density at radius 3 is 2.82 bits per heavy atom. The smallest absolute Gasteiger partial charge is 0.221 e. The van der Waals surface area contributed by atoms with E-state index in [-0.39, 0.29) is 6.10 Å². The molecule has 0 bridgehead atoms. The van der Waals surface area contributed by atoms with E-state index in [1.165, 1.54) is 6.33 Å². The molecule has 0 fully saturated rings. The molecule has 1 rings (SSSR count). The van der Waals surface area contributed by atoms with Crippen molar-refractivity contribution in [1.82, 2.24) is 9.97 Å². The van der Waals surface area contributed by atoms with Crippen molar-refractivity contribution in [3.8, 4) is 23.6 Å². The summed E-state index contributed by atoms with van der Waals surface area (Å²) >= 11 is 0. The molecule has 0 aliphatic rings. The Kier molecular flexibility index (Phi) is 5.02. The summed E-state index contributed by atoms with van der Waals surface area (Å²) in [5.41, 5.74) is 0.933. The summed E-state index contributed by atoms with van der Waals surface area (Å²) in [5, 5.41) is 0. The van der Waals surface area contributed by atoms with Gasteiger partial charge in [0.15, 0.2) is 6.61 Å². The van der Waals surface area contributed by atoms with Gasteiger partial charge in [0, 0.05) is 0 Å². The minimum absolute atomic E-state index is 0.0896. The van der Waals surface area contributed by atoms with Crippen molar-refractivity contribution in [3.63, 3.8) is 0 Å². The molecule has 0 saturated carbocycles. The maximum atomic E-state index is 5.56. The fourth-order valence-corrected chi connectivity index (χ4v) is 0.930. The third kappa shape index (κ3) is 4.56. The van der Waals surface area contributed by atoms with Crippen LogP contribution in [0.5, 0.6) is 11.8 Å². The third-order valence-electron chi connectivity index (χ3n) is 2.08. The van der Waals surface area contributed by atoms with E-state index in [0.717, 1.165) is 5.57 Å². The van der Waals surface area contributed by atoms with Gasteiger partial charge in [0.1, 0.15) is 12.4 Å². The van der Waals surface area contributed by atoms with Gasteiger partial charge in [-0.15, -0.1) is 5.92 Å². The molecular formula is C13H16N2O2. The summed E-state index contributed by atoms with van der Waals surface area (Å²) in [5.74, 6) is 6.44. The largest absolute Gasteiger partial charge is 0.470 e. The number of rotatable bonds is 5. The normalized spacial score (nSPS) is 11.0. The molecule has 17 heavy (non-hydrogen) atoms. The molecule has 0 amide bonds. The zero-order chi connectivity index (χ0) is 12.7. The van der Waals surface area contributed by atoms with E-state index in [1.807, 2.05) is 13.8 Å². The lowest BCUT2D eigenvalue weighted by atomic mass is 10.2. The van der Waals surface area contributed by atoms with Crippen LogP contribution in [0.2, 0.25) is 0 Å². The molecule has 0 aliphatic carbocycles. The lowest BCUT2D eigenvalue weighted by Crippen LogP contribution is -2.13. The summed E-state index contributed by atoms with van der Waals surface area (Å²) in [6, 6.07) is 1.64. The lowest BCUT2D eigenvalue weighted by molar-refractivity contribution is 0.244. The van der Waals surface area contributed by atoms with E-state index in [4.69, 9.17) is 9.47 Å². The highest BCUT2D eigenvalue weighted by molar-refractivity contribution is 5.20. The van der Waals surface area contributed by atoms with Crippen LogP contribution in [0.1, 0.15) is 20.8 Å². The number of hydrogen-bond acceptors (Lipinski definition) is 4. The highest BCUT2D eigenvalue weighted by atomic mass is 16.5. The molecule has 1 aromatic rings. The molecule has 4 heteroatoms. The van der Waals surface area contributed by atoms with E-state index in [9.17, 15) is 0 Å². The molecule has 4 nitrogen and oxygen atoms in total. The van der Waals surface area contributed by atoms with E-state index in [1.54, 1.807) is 13.0 Å². The second-order valence-electron chi connectivity index (χ2n) is 3.52. The molecular weight excluding hydrogens is 216 g/mol. The predicted octanol–water partition coefficient (Wildman–Crippen LogP) is 2.22. The fraction of sp³-hybridized carbons (Fsp3) is 0.385. The molecule has 0 aliphatic heterocycles. The fourth-order valence-electron chi connectivity index (χ4n) is 0.930. The van der Waals surface area contributed by atoms with Crippen molar-refractivity contribution in [2.45, 2.75) is 26.9 Å². The molecule has 1 atom stereocenters. The van der Waals surface area contributed by atoms with Crippen LogP contribution in [0.25, 0.3) is 0 Å². The van der Waals surface area contributed by atoms with Crippen LogP contribution in [0.3, 0.4) is 0 Å². The monoisotopic (exact) mass is 232 g/mol. The van der Waals surface area contributed by atoms with E-state index in [0.29, 0.717) is 18.4 Å². The minimum Gasteiger partial charge on any atom is -0.470 e. The Balaban J connectivity index is 2.64. The standard InChI is InChI=1S/C13H16N2O2/c1-5-6-7-16-12-8-13(15-9-14-12)17-11(4)10(2)3/h8-9,11H,2,7H2,1,3-4H3. The first-order valence-corrected chi connectivity index (χ1v) is 5.30. The molecule has 0 aromatic carbocycles. The van der Waals surface area contributed by atoms with Crippen molar-refractivity contribution in [2.24, 2.45) is 0 Å². The molecule has 1 unspecified atom stereocenters. The Labute approximate surface area is 102 Å². The van der Waals surface area contributed by atoms with Gasteiger partial charge in [-0.2, -0.15) is 0 Å². The van der Waals surface area contributed by atoms with Crippen molar-refractivity contribution >= 4 is 0 Å². The summed E-state index contributed by atoms with van der Waals surface area (Å²) in [7, 11) is 0. The predicted molar refractivity (Wildman–Crippen MR) is 65.9 cm³/mol. The van der Waals surface area contributed by atoms with Gasteiger partial charge in [-0.25, -0.2) is 9.97 Å². The average molecular weight is 232 g/mol. The Morgan fingerprint density at radius 1 is 1.47 bits per heavy atom. The Hall–Kier alpha value is -2.02. The van der Waals surface area contributed by atoms with Crippen molar-refractivity contribution in [2.75, 3.05) is 6.61 Å². The first-order valence-electron chi connectivity index (χ1n) is 5.30. The summed E-state index contributed by atoms with van der Waals surface area (Å²) in [4.78, 5) is 7.96. The topological polar surface area (TPSA) is 44.2 Å². The molecule has 0 N–H and O–H groups in total. The highest BCUT2D eigenvalue weighted by Gasteiger charge is 2.06. The second kappa shape index (κ2) is 6.54. The van der Waals surface area contributed by atoms with E-state index < -0.39 is 0 Å². The van der Waals surface area contributed by atoms with Crippen LogP contribution in [-0.2, 0) is 0 Å². The first kappa shape index (κ1) is 13.0. The van der Waals surface area contributed by atoms with Crippen LogP contribution in [0.4, 0.5) is 0 Å². The number of aromatic nitrogens is 2. The number of ether oxygens (including phenoxy) is 2. The third-order valence-corrected chi connectivity index (χ3v) is 2.08. The Bertz CT molecular complexity index is 446. The van der Waals surface area contributed by atoms with Gasteiger partial charge in [0.05, 0.1) is 6.07 Å². The van der Waals surface area contributed by atoms with Crippen LogP contribution in [0, 0.1) is 11.8 Å². The van der Waals surface area contributed by atoms with Gasteiger partial charge < -0.3 is 9.47 Å². The molecule has 0 spiro atoms. The van der Waals surface area contributed by atoms with Crippen LogP contribution >= 0.6 is 0 Å². The van der Waals surface area contributed by atoms with Crippen molar-refractivity contribution in [3.05, 3.63) is 24.5 Å². The molecule has 0 radical (unpaired) electrons. The van der Waals surface area contributed by atoms with Gasteiger partial charge in [0.2, 0.25) is 11.8 Å². The quantitative estimate of drug-likeness (QED) is 0.576. The van der Waals surface area contributed by atoms with Gasteiger partial charge >= 0.3 is 0 Å². The van der Waals surface area contributed by atoms with Crippen molar-refractivity contribution < 1.29 is 9.47 Å². The first-order chi connectivity index (χ1) is 8.13. The van der Waals surface area contributed by atoms with Crippen LogP contribution < -0.4 is 9.47 Å². The summed E-state index contributed by atoms with van der Waals surface area (Å²) in [6.07, 6.45) is 1.31. The minimum atomic E-state index is -0.0896. The summed E-state index contributed by atoms with van der Waals surface area (Å²) in [6.45, 7) is 9.69. The zero-order valence-corrected chi connectivity index (χ0v) is 10.4.